The van der Waals surface area contributed by atoms with Gasteiger partial charge in [-0.05, 0) is 26.2 Å². The van der Waals surface area contributed by atoms with Gasteiger partial charge in [0.05, 0.1) is 23.8 Å². The number of rotatable bonds is 7. The van der Waals surface area contributed by atoms with Crippen molar-refractivity contribution in [2.75, 3.05) is 6.61 Å². The molecule has 24 heavy (non-hydrogen) atoms. The lowest BCUT2D eigenvalue weighted by Crippen LogP contribution is -2.61. The highest BCUT2D eigenvalue weighted by molar-refractivity contribution is 6.05. The van der Waals surface area contributed by atoms with Crippen molar-refractivity contribution in [3.8, 4) is 0 Å². The van der Waals surface area contributed by atoms with Crippen LogP contribution in [-0.4, -0.2) is 56.0 Å². The Balaban J connectivity index is 1.85. The van der Waals surface area contributed by atoms with Crippen molar-refractivity contribution in [2.45, 2.75) is 44.8 Å². The number of amides is 1. The third-order valence-corrected chi connectivity index (χ3v) is 4.63. The van der Waals surface area contributed by atoms with E-state index < -0.39 is 18.0 Å². The molecule has 0 unspecified atom stereocenters. The van der Waals surface area contributed by atoms with E-state index in [4.69, 9.17) is 9.63 Å². The molecule has 0 spiro atoms. The predicted molar refractivity (Wildman–Crippen MR) is 81.5 cm³/mol. The molecule has 1 amide bonds. The lowest BCUT2D eigenvalue weighted by molar-refractivity contribution is -0.161. The van der Waals surface area contributed by atoms with E-state index in [9.17, 15) is 19.8 Å². The topological polar surface area (TPSA) is 124 Å². The minimum Gasteiger partial charge on any atom is -0.477 e. The fourth-order valence-corrected chi connectivity index (χ4v) is 3.48. The zero-order valence-corrected chi connectivity index (χ0v) is 13.3. The molecule has 1 aromatic heterocycles. The Morgan fingerprint density at radius 3 is 2.88 bits per heavy atom. The second kappa shape index (κ2) is 6.37. The van der Waals surface area contributed by atoms with Gasteiger partial charge in [-0.25, -0.2) is 4.79 Å². The van der Waals surface area contributed by atoms with Crippen LogP contribution in [-0.2, 0) is 16.0 Å². The van der Waals surface area contributed by atoms with E-state index in [0.29, 0.717) is 36.3 Å². The normalized spacial score (nSPS) is 24.1. The van der Waals surface area contributed by atoms with Crippen molar-refractivity contribution in [3.63, 3.8) is 0 Å². The lowest BCUT2D eigenvalue weighted by atomic mass is 9.83. The third-order valence-electron chi connectivity index (χ3n) is 4.63. The van der Waals surface area contributed by atoms with Crippen LogP contribution in [0.15, 0.2) is 16.3 Å². The summed E-state index contributed by atoms with van der Waals surface area (Å²) in [4.78, 5) is 25.0. The van der Waals surface area contributed by atoms with Crippen molar-refractivity contribution in [1.29, 1.82) is 0 Å². The number of carboxylic acids is 1. The number of aliphatic carboxylic acids is 1. The number of aliphatic hydroxyl groups excluding tert-OH is 2. The lowest BCUT2D eigenvalue weighted by Gasteiger charge is -2.44. The first-order valence-corrected chi connectivity index (χ1v) is 8.00. The summed E-state index contributed by atoms with van der Waals surface area (Å²) in [6, 6.07) is 1.34. The van der Waals surface area contributed by atoms with Crippen LogP contribution < -0.4 is 0 Å². The van der Waals surface area contributed by atoms with Gasteiger partial charge in [-0.15, -0.1) is 0 Å². The molecule has 0 bridgehead atoms. The standard InChI is InChI=1S/C16H20N2O6/c1-8(20)13-11-7-10(14(16(22)23)18(11)15(13)21)12-6-9(17-24-12)4-2-3-5-19/h6,8,11,13,19-20H,2-5,7H2,1H3,(H,22,23)/t8-,11-,13-/m1/s1. The minimum absolute atomic E-state index is 0.0834. The summed E-state index contributed by atoms with van der Waals surface area (Å²) in [5.41, 5.74) is 1.04. The molecule has 1 aromatic rings. The molecular formula is C16H20N2O6. The van der Waals surface area contributed by atoms with Crippen molar-refractivity contribution >= 4 is 17.4 Å². The Kier molecular flexibility index (Phi) is 4.42. The quantitative estimate of drug-likeness (QED) is 0.486. The molecule has 3 N–H and O–H groups in total. The van der Waals surface area contributed by atoms with Crippen LogP contribution >= 0.6 is 0 Å². The molecule has 3 heterocycles. The smallest absolute Gasteiger partial charge is 0.353 e. The average molecular weight is 336 g/mol. The molecule has 1 saturated heterocycles. The first-order valence-electron chi connectivity index (χ1n) is 8.00. The number of nitrogens with zero attached hydrogens (tertiary/aromatic N) is 2. The van der Waals surface area contributed by atoms with Crippen LogP contribution in [0.25, 0.3) is 5.57 Å². The van der Waals surface area contributed by atoms with Crippen molar-refractivity contribution < 1.29 is 29.4 Å². The van der Waals surface area contributed by atoms with Crippen molar-refractivity contribution in [3.05, 3.63) is 23.2 Å². The molecule has 8 heteroatoms. The van der Waals surface area contributed by atoms with Gasteiger partial charge in [0.2, 0.25) is 5.91 Å². The van der Waals surface area contributed by atoms with Crippen LogP contribution in [0, 0.1) is 5.92 Å². The van der Waals surface area contributed by atoms with Gasteiger partial charge >= 0.3 is 5.97 Å². The third kappa shape index (κ3) is 2.61. The number of fused-ring (bicyclic) bond motifs is 1. The average Bonchev–Trinajstić information content (AvgIpc) is 3.09. The molecular weight excluding hydrogens is 316 g/mol. The molecule has 0 aromatic carbocycles. The van der Waals surface area contributed by atoms with E-state index in [1.165, 1.54) is 11.8 Å². The maximum atomic E-state index is 12.2. The van der Waals surface area contributed by atoms with Gasteiger partial charge in [-0.2, -0.15) is 0 Å². The van der Waals surface area contributed by atoms with Crippen LogP contribution in [0.3, 0.4) is 0 Å². The van der Waals surface area contributed by atoms with E-state index in [1.54, 1.807) is 6.07 Å². The van der Waals surface area contributed by atoms with Gasteiger partial charge < -0.3 is 24.7 Å². The van der Waals surface area contributed by atoms with Crippen molar-refractivity contribution in [2.24, 2.45) is 5.92 Å². The predicted octanol–water partition coefficient (Wildman–Crippen LogP) is 0.397. The van der Waals surface area contributed by atoms with Crippen LogP contribution in [0.4, 0.5) is 0 Å². The van der Waals surface area contributed by atoms with Crippen LogP contribution in [0.5, 0.6) is 0 Å². The largest absolute Gasteiger partial charge is 0.477 e. The van der Waals surface area contributed by atoms with E-state index >= 15 is 0 Å². The summed E-state index contributed by atoms with van der Waals surface area (Å²) in [7, 11) is 0. The highest BCUT2D eigenvalue weighted by Crippen LogP contribution is 2.46. The zero-order chi connectivity index (χ0) is 17.4. The number of hydrogen-bond donors (Lipinski definition) is 3. The first-order chi connectivity index (χ1) is 11.5. The van der Waals surface area contributed by atoms with Gasteiger partial charge in [-0.3, -0.25) is 4.79 Å². The molecule has 130 valence electrons. The SMILES string of the molecule is C[C@@H](O)[C@H]1C(=O)N2C(C(=O)O)=C(c3cc(CCCCO)no3)C[C@H]12. The summed E-state index contributed by atoms with van der Waals surface area (Å²) in [5.74, 6) is -1.80. The summed E-state index contributed by atoms with van der Waals surface area (Å²) in [6.07, 6.45) is 1.55. The summed E-state index contributed by atoms with van der Waals surface area (Å²) < 4.78 is 5.28. The van der Waals surface area contributed by atoms with Crippen LogP contribution in [0.1, 0.15) is 37.6 Å². The molecule has 8 nitrogen and oxygen atoms in total. The highest BCUT2D eigenvalue weighted by Gasteiger charge is 2.57. The second-order valence-corrected chi connectivity index (χ2v) is 6.24. The van der Waals surface area contributed by atoms with E-state index in [2.05, 4.69) is 5.16 Å². The van der Waals surface area contributed by atoms with Gasteiger partial charge in [0.1, 0.15) is 5.70 Å². The number of β-lactam (4-membered cyclic amide) rings is 1. The summed E-state index contributed by atoms with van der Waals surface area (Å²) in [5, 5.41) is 31.9. The molecule has 3 atom stereocenters. The maximum Gasteiger partial charge on any atom is 0.353 e. The monoisotopic (exact) mass is 336 g/mol. The van der Waals surface area contributed by atoms with Gasteiger partial charge in [0.15, 0.2) is 5.76 Å². The minimum atomic E-state index is -1.19. The molecule has 0 radical (unpaired) electrons. The fourth-order valence-electron chi connectivity index (χ4n) is 3.48. The number of aliphatic hydroxyl groups is 2. The molecule has 2 aliphatic rings. The molecule has 1 fully saturated rings. The first kappa shape index (κ1) is 16.7. The van der Waals surface area contributed by atoms with Crippen LogP contribution in [0.2, 0.25) is 0 Å². The molecule has 3 rings (SSSR count). The summed E-state index contributed by atoms with van der Waals surface area (Å²) >= 11 is 0. The number of carboxylic acid groups (broad SMARTS) is 1. The Labute approximate surface area is 138 Å². The maximum absolute atomic E-state index is 12.2. The number of carbonyl (C=O) groups is 2. The van der Waals surface area contributed by atoms with E-state index in [-0.39, 0.29) is 24.3 Å². The van der Waals surface area contributed by atoms with E-state index in [0.717, 1.165) is 6.42 Å². The number of unbranched alkanes of at least 4 members (excludes halogenated alkanes) is 1. The fraction of sp³-hybridized carbons (Fsp3) is 0.562. The number of carbonyl (C=O) groups excluding carboxylic acids is 1. The Morgan fingerprint density at radius 1 is 1.50 bits per heavy atom. The zero-order valence-electron chi connectivity index (χ0n) is 13.3. The van der Waals surface area contributed by atoms with Crippen molar-refractivity contribution in [1.82, 2.24) is 10.1 Å². The van der Waals surface area contributed by atoms with Gasteiger partial charge in [0, 0.05) is 24.7 Å². The molecule has 0 aliphatic carbocycles. The van der Waals surface area contributed by atoms with E-state index in [1.807, 2.05) is 0 Å². The molecule has 2 aliphatic heterocycles. The summed E-state index contributed by atoms with van der Waals surface area (Å²) in [6.45, 7) is 1.64. The Bertz CT molecular complexity index is 692. The highest BCUT2D eigenvalue weighted by atomic mass is 16.5. The number of aromatic nitrogens is 1. The molecule has 0 saturated carbocycles. The Morgan fingerprint density at radius 2 is 2.25 bits per heavy atom. The van der Waals surface area contributed by atoms with Gasteiger partial charge in [0.25, 0.3) is 0 Å². The number of hydrogen-bond acceptors (Lipinski definition) is 6. The number of aryl methyl sites for hydroxylation is 1. The van der Waals surface area contributed by atoms with Gasteiger partial charge in [-0.1, -0.05) is 5.16 Å². The second-order valence-electron chi connectivity index (χ2n) is 6.24. The Hall–Kier alpha value is -2.19.